The molecule has 4 heteroatoms. The molecular formula is C10H10BrNO2. The molecule has 1 heterocycles. The first-order valence-corrected chi connectivity index (χ1v) is 5.27. The molecule has 14 heavy (non-hydrogen) atoms. The van der Waals surface area contributed by atoms with E-state index in [0.717, 1.165) is 10.9 Å². The summed E-state index contributed by atoms with van der Waals surface area (Å²) in [5.74, 6) is -0.0741. The minimum Gasteiger partial charge on any atom is -0.271 e. The number of carbonyl (C=O) groups excluding carboxylic acids is 1. The minimum atomic E-state index is -0.0741. The first-order chi connectivity index (χ1) is 6.79. The number of hydrogen-bond acceptors (Lipinski definition) is 2. The highest BCUT2D eigenvalue weighted by molar-refractivity contribution is 9.10. The fourth-order valence-electron chi connectivity index (χ4n) is 1.38. The number of carbonyl (C=O) groups is 1. The number of benzene rings is 1. The molecule has 0 bridgehead atoms. The van der Waals surface area contributed by atoms with Crippen molar-refractivity contribution in [1.82, 2.24) is 5.06 Å². The van der Waals surface area contributed by atoms with Gasteiger partial charge in [0.05, 0.1) is 18.7 Å². The minimum absolute atomic E-state index is 0.0741. The quantitative estimate of drug-likeness (QED) is 0.771. The molecule has 1 aliphatic rings. The lowest BCUT2D eigenvalue weighted by atomic mass is 10.2. The maximum absolute atomic E-state index is 11.8. The molecule has 1 aromatic rings. The summed E-state index contributed by atoms with van der Waals surface area (Å²) in [6.07, 6.45) is 0.913. The summed E-state index contributed by atoms with van der Waals surface area (Å²) >= 11 is 3.34. The predicted octanol–water partition coefficient (Wildman–Crippen LogP) is 2.23. The van der Waals surface area contributed by atoms with Gasteiger partial charge < -0.3 is 0 Å². The van der Waals surface area contributed by atoms with Gasteiger partial charge in [0.15, 0.2) is 0 Å². The zero-order valence-electron chi connectivity index (χ0n) is 7.57. The summed E-state index contributed by atoms with van der Waals surface area (Å²) in [6, 6.07) is 7.36. The highest BCUT2D eigenvalue weighted by atomic mass is 79.9. The molecule has 1 aliphatic heterocycles. The van der Waals surface area contributed by atoms with Crippen molar-refractivity contribution >= 4 is 21.8 Å². The van der Waals surface area contributed by atoms with Crippen LogP contribution in [0.3, 0.4) is 0 Å². The Balaban J connectivity index is 2.22. The zero-order valence-corrected chi connectivity index (χ0v) is 9.16. The van der Waals surface area contributed by atoms with Gasteiger partial charge in [-0.3, -0.25) is 9.63 Å². The lowest BCUT2D eigenvalue weighted by Crippen LogP contribution is -2.26. The van der Waals surface area contributed by atoms with E-state index in [1.165, 1.54) is 5.06 Å². The van der Waals surface area contributed by atoms with Crippen molar-refractivity contribution in [1.29, 1.82) is 0 Å². The Labute approximate surface area is 90.7 Å². The van der Waals surface area contributed by atoms with Gasteiger partial charge in [-0.25, -0.2) is 5.06 Å². The second-order valence-electron chi connectivity index (χ2n) is 3.07. The molecule has 0 aliphatic carbocycles. The Hall–Kier alpha value is -0.870. The van der Waals surface area contributed by atoms with Crippen LogP contribution in [0.25, 0.3) is 0 Å². The van der Waals surface area contributed by atoms with Crippen molar-refractivity contribution in [3.63, 3.8) is 0 Å². The molecule has 0 atom stereocenters. The molecule has 0 radical (unpaired) electrons. The monoisotopic (exact) mass is 255 g/mol. The number of rotatable bonds is 1. The van der Waals surface area contributed by atoms with Gasteiger partial charge >= 0.3 is 0 Å². The average molecular weight is 256 g/mol. The third-order valence-electron chi connectivity index (χ3n) is 2.08. The summed E-state index contributed by atoms with van der Waals surface area (Å²) in [6.45, 7) is 1.32. The average Bonchev–Trinajstić information content (AvgIpc) is 2.70. The lowest BCUT2D eigenvalue weighted by molar-refractivity contribution is -0.0768. The molecule has 3 nitrogen and oxygen atoms in total. The van der Waals surface area contributed by atoms with Crippen molar-refractivity contribution < 1.29 is 9.63 Å². The summed E-state index contributed by atoms with van der Waals surface area (Å²) in [5, 5.41) is 1.42. The summed E-state index contributed by atoms with van der Waals surface area (Å²) in [5.41, 5.74) is 0.648. The second-order valence-corrected chi connectivity index (χ2v) is 3.93. The van der Waals surface area contributed by atoms with Crippen molar-refractivity contribution in [2.75, 3.05) is 13.2 Å². The highest BCUT2D eigenvalue weighted by Gasteiger charge is 2.21. The van der Waals surface area contributed by atoms with Crippen LogP contribution in [0.4, 0.5) is 0 Å². The van der Waals surface area contributed by atoms with E-state index in [1.54, 1.807) is 6.07 Å². The van der Waals surface area contributed by atoms with Gasteiger partial charge in [-0.05, 0) is 34.5 Å². The fourth-order valence-corrected chi connectivity index (χ4v) is 1.83. The van der Waals surface area contributed by atoms with E-state index in [9.17, 15) is 4.79 Å². The van der Waals surface area contributed by atoms with E-state index in [-0.39, 0.29) is 5.91 Å². The molecule has 2 rings (SSSR count). The standard InChI is InChI=1S/C10H10BrNO2/c11-9-5-2-1-4-8(9)10(13)12-6-3-7-14-12/h1-2,4-5H,3,6-7H2. The topological polar surface area (TPSA) is 29.5 Å². The fraction of sp³-hybridized carbons (Fsp3) is 0.300. The Kier molecular flexibility index (Phi) is 2.84. The van der Waals surface area contributed by atoms with Gasteiger partial charge in [0.25, 0.3) is 5.91 Å². The van der Waals surface area contributed by atoms with Crippen LogP contribution in [0.15, 0.2) is 28.7 Å². The van der Waals surface area contributed by atoms with Gasteiger partial charge in [-0.2, -0.15) is 0 Å². The van der Waals surface area contributed by atoms with Gasteiger partial charge in [0.2, 0.25) is 0 Å². The van der Waals surface area contributed by atoms with E-state index < -0.39 is 0 Å². The maximum Gasteiger partial charge on any atom is 0.278 e. The molecule has 0 saturated carbocycles. The summed E-state index contributed by atoms with van der Waals surface area (Å²) in [7, 11) is 0. The van der Waals surface area contributed by atoms with Crippen molar-refractivity contribution in [2.24, 2.45) is 0 Å². The van der Waals surface area contributed by atoms with Crippen LogP contribution >= 0.6 is 15.9 Å². The van der Waals surface area contributed by atoms with Crippen LogP contribution in [0, 0.1) is 0 Å². The molecule has 0 aromatic heterocycles. The molecule has 0 N–H and O–H groups in total. The molecule has 1 amide bonds. The molecule has 0 spiro atoms. The van der Waals surface area contributed by atoms with E-state index in [4.69, 9.17) is 4.84 Å². The lowest BCUT2D eigenvalue weighted by Gasteiger charge is -2.14. The van der Waals surface area contributed by atoms with Gasteiger partial charge in [0.1, 0.15) is 0 Å². The van der Waals surface area contributed by atoms with Crippen LogP contribution in [-0.2, 0) is 4.84 Å². The van der Waals surface area contributed by atoms with E-state index in [0.29, 0.717) is 18.7 Å². The first kappa shape index (κ1) is 9.68. The number of hydroxylamine groups is 2. The number of halogens is 1. The highest BCUT2D eigenvalue weighted by Crippen LogP contribution is 2.19. The maximum atomic E-state index is 11.8. The van der Waals surface area contributed by atoms with Gasteiger partial charge in [-0.1, -0.05) is 12.1 Å². The number of amides is 1. The third kappa shape index (κ3) is 1.81. The Morgan fingerprint density at radius 3 is 2.86 bits per heavy atom. The van der Waals surface area contributed by atoms with Gasteiger partial charge in [-0.15, -0.1) is 0 Å². The van der Waals surface area contributed by atoms with E-state index in [1.807, 2.05) is 18.2 Å². The molecular weight excluding hydrogens is 246 g/mol. The number of nitrogens with zero attached hydrogens (tertiary/aromatic N) is 1. The molecule has 1 aromatic carbocycles. The van der Waals surface area contributed by atoms with Crippen LogP contribution in [0.2, 0.25) is 0 Å². The third-order valence-corrected chi connectivity index (χ3v) is 2.77. The normalized spacial score (nSPS) is 15.9. The van der Waals surface area contributed by atoms with Crippen LogP contribution in [0.5, 0.6) is 0 Å². The predicted molar refractivity (Wildman–Crippen MR) is 55.7 cm³/mol. The van der Waals surface area contributed by atoms with E-state index >= 15 is 0 Å². The molecule has 1 fully saturated rings. The van der Waals surface area contributed by atoms with Crippen LogP contribution < -0.4 is 0 Å². The zero-order chi connectivity index (χ0) is 9.97. The van der Waals surface area contributed by atoms with Crippen molar-refractivity contribution in [3.8, 4) is 0 Å². The Morgan fingerprint density at radius 2 is 2.21 bits per heavy atom. The van der Waals surface area contributed by atoms with Gasteiger partial charge in [0, 0.05) is 4.47 Å². The Bertz CT molecular complexity index is 348. The van der Waals surface area contributed by atoms with Crippen molar-refractivity contribution in [2.45, 2.75) is 6.42 Å². The molecule has 1 saturated heterocycles. The van der Waals surface area contributed by atoms with Crippen LogP contribution in [-0.4, -0.2) is 24.1 Å². The largest absolute Gasteiger partial charge is 0.278 e. The molecule has 74 valence electrons. The van der Waals surface area contributed by atoms with Crippen LogP contribution in [0.1, 0.15) is 16.8 Å². The SMILES string of the molecule is O=C(c1ccccc1Br)N1CCCO1. The summed E-state index contributed by atoms with van der Waals surface area (Å²) in [4.78, 5) is 17.0. The Morgan fingerprint density at radius 1 is 1.43 bits per heavy atom. The first-order valence-electron chi connectivity index (χ1n) is 4.48. The summed E-state index contributed by atoms with van der Waals surface area (Å²) < 4.78 is 0.806. The smallest absolute Gasteiger partial charge is 0.271 e. The van der Waals surface area contributed by atoms with Crippen molar-refractivity contribution in [3.05, 3.63) is 34.3 Å². The van der Waals surface area contributed by atoms with E-state index in [2.05, 4.69) is 15.9 Å². The number of hydrogen-bond donors (Lipinski definition) is 0. The second kappa shape index (κ2) is 4.11. The molecule has 0 unspecified atom stereocenters.